The number of Topliss-reactive ketones (excluding diaryl/α,β-unsaturated/α-hetero) is 1. The van der Waals surface area contributed by atoms with Crippen LogP contribution >= 0.6 is 0 Å². The van der Waals surface area contributed by atoms with Crippen LogP contribution in [0.5, 0.6) is 0 Å². The summed E-state index contributed by atoms with van der Waals surface area (Å²) in [6.45, 7) is 16.8. The fourth-order valence-electron chi connectivity index (χ4n) is 3.71. The van der Waals surface area contributed by atoms with Crippen LogP contribution in [0.1, 0.15) is 93.9 Å². The number of amides is 5. The molecule has 0 aromatic heterocycles. The number of hydrogen-bond acceptors (Lipinski definition) is 5. The Morgan fingerprint density at radius 2 is 1.58 bits per heavy atom. The van der Waals surface area contributed by atoms with Gasteiger partial charge < -0.3 is 26.6 Å². The van der Waals surface area contributed by atoms with E-state index in [4.69, 9.17) is 5.73 Å². The van der Waals surface area contributed by atoms with Crippen molar-refractivity contribution in [1.82, 2.24) is 20.9 Å². The maximum absolute atomic E-state index is 12.1. The molecule has 10 heteroatoms. The Kier molecular flexibility index (Phi) is 15.0. The van der Waals surface area contributed by atoms with Crippen LogP contribution in [0.3, 0.4) is 0 Å². The Morgan fingerprint density at radius 1 is 1.03 bits per heavy atom. The summed E-state index contributed by atoms with van der Waals surface area (Å²) in [6, 6.07) is -1.22. The summed E-state index contributed by atoms with van der Waals surface area (Å²) in [4.78, 5) is 57.7. The maximum atomic E-state index is 12.1. The van der Waals surface area contributed by atoms with Crippen molar-refractivity contribution < 1.29 is 24.0 Å². The minimum absolute atomic E-state index is 0.00376. The van der Waals surface area contributed by atoms with Crippen molar-refractivity contribution in [2.24, 2.45) is 17.6 Å². The molecule has 36 heavy (non-hydrogen) atoms. The maximum Gasteiger partial charge on any atom is 0.315 e. The van der Waals surface area contributed by atoms with E-state index in [9.17, 15) is 24.0 Å². The molecule has 0 spiro atoms. The average molecular weight is 512 g/mol. The Balaban J connectivity index is 0.000000606. The zero-order valence-corrected chi connectivity index (χ0v) is 23.5. The van der Waals surface area contributed by atoms with Gasteiger partial charge in [0.05, 0.1) is 6.04 Å². The number of nitrogens with zero attached hydrogens (tertiary/aromatic N) is 1. The van der Waals surface area contributed by atoms with E-state index in [1.165, 1.54) is 0 Å². The van der Waals surface area contributed by atoms with Gasteiger partial charge in [-0.05, 0) is 65.7 Å². The summed E-state index contributed by atoms with van der Waals surface area (Å²) in [5, 5.41) is 7.81. The number of hydrogen-bond donors (Lipinski definition) is 4. The number of carbonyl (C=O) groups is 5. The molecule has 1 heterocycles. The molecular weight excluding hydrogens is 462 g/mol. The summed E-state index contributed by atoms with van der Waals surface area (Å²) >= 11 is 0. The molecule has 3 unspecified atom stereocenters. The van der Waals surface area contributed by atoms with E-state index in [2.05, 4.69) is 36.7 Å². The van der Waals surface area contributed by atoms with Crippen molar-refractivity contribution >= 4 is 30.0 Å². The summed E-state index contributed by atoms with van der Waals surface area (Å²) in [7, 11) is 0. The van der Waals surface area contributed by atoms with Crippen molar-refractivity contribution in [3.05, 3.63) is 0 Å². The molecule has 1 aliphatic carbocycles. The van der Waals surface area contributed by atoms with Crippen LogP contribution in [0.2, 0.25) is 0 Å². The lowest BCUT2D eigenvalue weighted by Gasteiger charge is -2.28. The zero-order valence-electron chi connectivity index (χ0n) is 23.5. The molecule has 10 nitrogen and oxygen atoms in total. The summed E-state index contributed by atoms with van der Waals surface area (Å²) in [5.74, 6) is -0.410. The molecule has 0 radical (unpaired) electrons. The largest absolute Gasteiger partial charge is 0.363 e. The molecule has 0 aromatic carbocycles. The number of nitrogens with one attached hydrogen (secondary N) is 3. The third-order valence-corrected chi connectivity index (χ3v) is 5.66. The highest BCUT2D eigenvalue weighted by molar-refractivity contribution is 6.37. The van der Waals surface area contributed by atoms with Crippen molar-refractivity contribution in [2.45, 2.75) is 118 Å². The molecule has 1 saturated carbocycles. The van der Waals surface area contributed by atoms with Gasteiger partial charge in [0.15, 0.2) is 0 Å². The van der Waals surface area contributed by atoms with Gasteiger partial charge in [-0.1, -0.05) is 40.0 Å². The quantitative estimate of drug-likeness (QED) is 0.292. The van der Waals surface area contributed by atoms with Crippen LogP contribution in [0, 0.1) is 11.8 Å². The average Bonchev–Trinajstić information content (AvgIpc) is 3.12. The number of carbonyl (C=O) groups excluding carboxylic acids is 5. The molecule has 0 aromatic rings. The van der Waals surface area contributed by atoms with Crippen molar-refractivity contribution in [3.8, 4) is 0 Å². The molecule has 0 bridgehead atoms. The van der Waals surface area contributed by atoms with Crippen molar-refractivity contribution in [2.75, 3.05) is 6.54 Å². The van der Waals surface area contributed by atoms with Crippen LogP contribution in [-0.4, -0.2) is 65.1 Å². The number of ketones is 1. The second kappa shape index (κ2) is 16.2. The lowest BCUT2D eigenvalue weighted by molar-refractivity contribution is -0.138. The highest BCUT2D eigenvalue weighted by Gasteiger charge is 2.30. The summed E-state index contributed by atoms with van der Waals surface area (Å²) < 4.78 is 0. The Bertz CT molecular complexity index is 728. The number of rotatable bonds is 8. The fraction of sp³-hybridized carbons (Fsp3) is 0.808. The van der Waals surface area contributed by atoms with Gasteiger partial charge in [0.1, 0.15) is 6.04 Å². The van der Waals surface area contributed by atoms with E-state index in [0.717, 1.165) is 44.6 Å². The molecule has 1 saturated heterocycles. The van der Waals surface area contributed by atoms with Crippen molar-refractivity contribution in [1.29, 1.82) is 0 Å². The Morgan fingerprint density at radius 3 is 1.94 bits per heavy atom. The molecule has 208 valence electrons. The molecule has 5 N–H and O–H groups in total. The number of likely N-dealkylation sites (tertiary alicyclic amines) is 1. The molecule has 2 aliphatic rings. The lowest BCUT2D eigenvalue weighted by atomic mass is 9.80. The molecule has 2 fully saturated rings. The first kappa shape index (κ1) is 33.4. The highest BCUT2D eigenvalue weighted by Crippen LogP contribution is 2.30. The first-order chi connectivity index (χ1) is 16.6. The first-order valence-corrected chi connectivity index (χ1v) is 13.0. The molecule has 3 atom stereocenters. The van der Waals surface area contributed by atoms with Gasteiger partial charge >= 0.3 is 6.03 Å². The third-order valence-electron chi connectivity index (χ3n) is 5.66. The monoisotopic (exact) mass is 511 g/mol. The highest BCUT2D eigenvalue weighted by atomic mass is 16.2. The first-order valence-electron chi connectivity index (χ1n) is 13.0. The SMILES string of the molecule is CC(C)C.CC(NC(=O)NC(C)(C)C)C(=O)N1CCCC1C.NC(=O)C(=O)C(CC1CCC1)NC=O. The lowest BCUT2D eigenvalue weighted by Crippen LogP contribution is -2.53. The van der Waals surface area contributed by atoms with Crippen LogP contribution in [0.25, 0.3) is 0 Å². The summed E-state index contributed by atoms with van der Waals surface area (Å²) in [5.41, 5.74) is 4.56. The zero-order chi connectivity index (χ0) is 28.1. The second-order valence-corrected chi connectivity index (χ2v) is 11.4. The smallest absolute Gasteiger partial charge is 0.315 e. The number of urea groups is 1. The minimum atomic E-state index is -0.983. The van der Waals surface area contributed by atoms with Crippen LogP contribution < -0.4 is 21.7 Å². The normalized spacial score (nSPS) is 18.8. The Labute approximate surface area is 216 Å². The van der Waals surface area contributed by atoms with Gasteiger partial charge in [0.25, 0.3) is 5.91 Å². The standard InChI is InChI=1S/C13H25N3O2.C9H14N2O3.C4H10/c1-9-7-6-8-16(9)11(17)10(2)14-12(18)15-13(3,4)5;10-9(14)8(13)7(11-5-12)4-6-2-1-3-6;1-4(2)3/h9-10H,6-8H2,1-5H3,(H2,14,15,18);5-7H,1-4H2,(H2,10,14)(H,11,12);4H,1-3H3. The van der Waals surface area contributed by atoms with Crippen molar-refractivity contribution in [3.63, 3.8) is 0 Å². The molecule has 5 amide bonds. The van der Waals surface area contributed by atoms with E-state index < -0.39 is 23.8 Å². The topological polar surface area (TPSA) is 151 Å². The van der Waals surface area contributed by atoms with E-state index in [0.29, 0.717) is 18.7 Å². The summed E-state index contributed by atoms with van der Waals surface area (Å²) in [6.07, 6.45) is 6.33. The van der Waals surface area contributed by atoms with E-state index >= 15 is 0 Å². The third kappa shape index (κ3) is 14.0. The van der Waals surface area contributed by atoms with Crippen LogP contribution in [-0.2, 0) is 19.2 Å². The van der Waals surface area contributed by atoms with E-state index in [-0.39, 0.29) is 23.5 Å². The van der Waals surface area contributed by atoms with Gasteiger partial charge in [0.2, 0.25) is 18.1 Å². The van der Waals surface area contributed by atoms with Crippen LogP contribution in [0.15, 0.2) is 0 Å². The fourth-order valence-corrected chi connectivity index (χ4v) is 3.71. The number of primary amides is 1. The van der Waals surface area contributed by atoms with Gasteiger partial charge in [-0.25, -0.2) is 4.79 Å². The Hall–Kier alpha value is -2.65. The van der Waals surface area contributed by atoms with E-state index in [1.54, 1.807) is 6.92 Å². The molecular formula is C26H49N5O5. The predicted octanol–water partition coefficient (Wildman–Crippen LogP) is 2.49. The predicted molar refractivity (Wildman–Crippen MR) is 141 cm³/mol. The van der Waals surface area contributed by atoms with E-state index in [1.807, 2.05) is 32.6 Å². The second-order valence-electron chi connectivity index (χ2n) is 11.4. The van der Waals surface area contributed by atoms with Gasteiger partial charge in [-0.3, -0.25) is 19.2 Å². The number of nitrogens with two attached hydrogens (primary N) is 1. The molecule has 2 rings (SSSR count). The van der Waals surface area contributed by atoms with Crippen LogP contribution in [0.4, 0.5) is 4.79 Å². The molecule has 1 aliphatic heterocycles. The van der Waals surface area contributed by atoms with Gasteiger partial charge in [0, 0.05) is 18.1 Å². The van der Waals surface area contributed by atoms with Gasteiger partial charge in [-0.2, -0.15) is 0 Å². The minimum Gasteiger partial charge on any atom is -0.363 e. The van der Waals surface area contributed by atoms with Gasteiger partial charge in [-0.15, -0.1) is 0 Å².